The van der Waals surface area contributed by atoms with Gasteiger partial charge in [0.2, 0.25) is 0 Å². The number of amides is 1. The highest BCUT2D eigenvalue weighted by Gasteiger charge is 2.36. The number of ketones is 1. The van der Waals surface area contributed by atoms with E-state index >= 15 is 0 Å². The first-order chi connectivity index (χ1) is 16.4. The molecule has 2 aromatic rings. The van der Waals surface area contributed by atoms with E-state index in [2.05, 4.69) is 65.8 Å². The van der Waals surface area contributed by atoms with E-state index in [4.69, 9.17) is 4.74 Å². The van der Waals surface area contributed by atoms with Crippen LogP contribution < -0.4 is 0 Å². The Hall–Kier alpha value is -0.810. The highest BCUT2D eigenvalue weighted by atomic mass is 79.9. The number of ether oxygens (including phenoxy) is 1. The van der Waals surface area contributed by atoms with E-state index < -0.39 is 5.60 Å². The van der Waals surface area contributed by atoms with Crippen LogP contribution in [-0.4, -0.2) is 46.0 Å². The van der Waals surface area contributed by atoms with Gasteiger partial charge in [0, 0.05) is 29.8 Å². The lowest BCUT2D eigenvalue weighted by Crippen LogP contribution is -2.43. The third-order valence-corrected chi connectivity index (χ3v) is 10.3. The predicted molar refractivity (Wildman–Crippen MR) is 158 cm³/mol. The average Bonchev–Trinajstić information content (AvgIpc) is 3.55. The lowest BCUT2D eigenvalue weighted by atomic mass is 10.0. The van der Waals surface area contributed by atoms with Gasteiger partial charge in [-0.15, -0.1) is 22.7 Å². The predicted octanol–water partition coefficient (Wildman–Crippen LogP) is 8.80. The first-order valence-corrected chi connectivity index (χ1v) is 15.6. The van der Waals surface area contributed by atoms with Gasteiger partial charge in [-0.2, -0.15) is 0 Å². The summed E-state index contributed by atoms with van der Waals surface area (Å²) >= 11 is 13.3. The number of nitrogens with zero attached hydrogens (tertiary/aromatic N) is 2. The quantitative estimate of drug-likeness (QED) is 0.236. The third-order valence-electron chi connectivity index (χ3n) is 5.45. The molecule has 0 radical (unpaired) electrons. The Morgan fingerprint density at radius 2 is 1.80 bits per heavy atom. The summed E-state index contributed by atoms with van der Waals surface area (Å²) in [5.74, 6) is 0.142. The zero-order chi connectivity index (χ0) is 25.9. The molecule has 2 aliphatic rings. The van der Waals surface area contributed by atoms with Crippen LogP contribution in [0.2, 0.25) is 0 Å². The number of likely N-dealkylation sites (tertiary alicyclic amines) is 1. The molecule has 1 saturated heterocycles. The van der Waals surface area contributed by atoms with Crippen molar-refractivity contribution in [2.24, 2.45) is 4.99 Å². The molecule has 1 atom stereocenters. The van der Waals surface area contributed by atoms with Gasteiger partial charge in [-0.05, 0) is 108 Å². The molecule has 190 valence electrons. The molecule has 5 nitrogen and oxygen atoms in total. The zero-order valence-electron chi connectivity index (χ0n) is 20.4. The van der Waals surface area contributed by atoms with Crippen molar-refractivity contribution in [1.82, 2.24) is 4.90 Å². The zero-order valence-corrected chi connectivity index (χ0v) is 26.8. The van der Waals surface area contributed by atoms with Crippen LogP contribution >= 0.6 is 70.5 Å². The van der Waals surface area contributed by atoms with E-state index in [-0.39, 0.29) is 17.9 Å². The van der Waals surface area contributed by atoms with Gasteiger partial charge < -0.3 is 4.74 Å². The maximum Gasteiger partial charge on any atom is 0.410 e. The molecule has 4 rings (SSSR count). The molecule has 35 heavy (non-hydrogen) atoms. The van der Waals surface area contributed by atoms with Crippen molar-refractivity contribution in [3.8, 4) is 0 Å². The Labute approximate surface area is 240 Å². The number of allylic oxidation sites excluding steroid dienone is 1. The number of carbonyl (C=O) groups excluding carboxylic acids is 2. The summed E-state index contributed by atoms with van der Waals surface area (Å²) in [6, 6.07) is 4.16. The van der Waals surface area contributed by atoms with Gasteiger partial charge in [0.15, 0.2) is 5.78 Å². The van der Waals surface area contributed by atoms with Gasteiger partial charge in [0.25, 0.3) is 0 Å². The molecule has 0 saturated carbocycles. The summed E-state index contributed by atoms with van der Waals surface area (Å²) in [6.07, 6.45) is 4.51. The summed E-state index contributed by atoms with van der Waals surface area (Å²) in [5, 5.41) is 0.402. The van der Waals surface area contributed by atoms with Crippen LogP contribution in [0.1, 0.15) is 65.7 Å². The van der Waals surface area contributed by atoms with Crippen molar-refractivity contribution in [2.45, 2.75) is 65.5 Å². The third kappa shape index (κ3) is 7.60. The molecule has 1 fully saturated rings. The molecule has 0 N–H and O–H groups in total. The first kappa shape index (κ1) is 28.8. The maximum absolute atomic E-state index is 12.5. The minimum Gasteiger partial charge on any atom is -0.444 e. The van der Waals surface area contributed by atoms with Crippen LogP contribution in [0.25, 0.3) is 5.57 Å². The molecule has 1 amide bonds. The number of carbonyl (C=O) groups is 2. The minimum absolute atomic E-state index is 0.0677. The van der Waals surface area contributed by atoms with Gasteiger partial charge >= 0.3 is 6.09 Å². The standard InChI is InChI=1S/C18H23BrN2O2S.C7H6Br2OS/c1-11-8-15(24-16(11)19)12-9-13(20-10-12)14-6-5-7-21(14)17(22)23-18(2,3)4;1-4-2-6(5(10)3-8)11-7(4)9/h8,10,14H,5-7,9H2,1-4H3;2H,3H2,1H3/t14-;/m0./s1. The van der Waals surface area contributed by atoms with E-state index in [0.717, 1.165) is 45.7 Å². The number of alkyl halides is 1. The van der Waals surface area contributed by atoms with Crippen LogP contribution in [0, 0.1) is 13.8 Å². The molecule has 4 heterocycles. The normalized spacial score (nSPS) is 17.6. The summed E-state index contributed by atoms with van der Waals surface area (Å²) in [6.45, 7) is 10.5. The number of aryl methyl sites for hydroxylation is 2. The van der Waals surface area contributed by atoms with Crippen molar-refractivity contribution < 1.29 is 14.3 Å². The Morgan fingerprint density at radius 1 is 1.14 bits per heavy atom. The molecular formula is C25H29Br3N2O3S2. The molecule has 0 bridgehead atoms. The van der Waals surface area contributed by atoms with Gasteiger partial charge in [-0.3, -0.25) is 14.7 Å². The minimum atomic E-state index is -0.466. The van der Waals surface area contributed by atoms with E-state index in [1.54, 1.807) is 11.3 Å². The number of halogens is 3. The molecule has 2 aromatic heterocycles. The second-order valence-corrected chi connectivity index (χ2v) is 14.8. The lowest BCUT2D eigenvalue weighted by Gasteiger charge is -2.28. The molecule has 0 unspecified atom stereocenters. The Kier molecular flexibility index (Phi) is 9.99. The van der Waals surface area contributed by atoms with E-state index in [1.165, 1.54) is 31.1 Å². The summed E-state index contributed by atoms with van der Waals surface area (Å²) in [7, 11) is 0. The van der Waals surface area contributed by atoms with E-state index in [0.29, 0.717) is 5.33 Å². The molecule has 10 heteroatoms. The number of Topliss-reactive ketones (excluding diaryl/α,β-unsaturated/α-hetero) is 1. The second-order valence-electron chi connectivity index (χ2n) is 9.47. The van der Waals surface area contributed by atoms with Gasteiger partial charge in [-0.25, -0.2) is 4.79 Å². The fourth-order valence-electron chi connectivity index (χ4n) is 3.74. The van der Waals surface area contributed by atoms with Crippen LogP contribution in [0.3, 0.4) is 0 Å². The van der Waals surface area contributed by atoms with Crippen LogP contribution in [0.15, 0.2) is 30.9 Å². The fourth-order valence-corrected chi connectivity index (χ4v) is 7.24. The van der Waals surface area contributed by atoms with Gasteiger partial charge in [0.1, 0.15) is 5.60 Å². The number of thiophene rings is 2. The first-order valence-electron chi connectivity index (χ1n) is 11.3. The monoisotopic (exact) mass is 706 g/mol. The molecule has 0 aromatic carbocycles. The summed E-state index contributed by atoms with van der Waals surface area (Å²) < 4.78 is 7.77. The summed E-state index contributed by atoms with van der Waals surface area (Å²) in [5.41, 5.74) is 4.22. The Balaban J connectivity index is 0.000000261. The largest absolute Gasteiger partial charge is 0.444 e. The van der Waals surface area contributed by atoms with E-state index in [9.17, 15) is 9.59 Å². The van der Waals surface area contributed by atoms with Crippen molar-refractivity contribution in [2.75, 3.05) is 11.9 Å². The second kappa shape index (κ2) is 12.2. The lowest BCUT2D eigenvalue weighted by molar-refractivity contribution is 0.0265. The van der Waals surface area contributed by atoms with Gasteiger partial charge in [-0.1, -0.05) is 15.9 Å². The van der Waals surface area contributed by atoms with Crippen molar-refractivity contribution in [3.63, 3.8) is 0 Å². The molecule has 2 aliphatic heterocycles. The van der Waals surface area contributed by atoms with Crippen LogP contribution in [-0.2, 0) is 4.74 Å². The smallest absolute Gasteiger partial charge is 0.410 e. The van der Waals surface area contributed by atoms with Crippen molar-refractivity contribution in [3.05, 3.63) is 46.8 Å². The number of rotatable bonds is 4. The number of aliphatic imine (C=N–C) groups is 1. The Bertz CT molecular complexity index is 1120. The molecular weight excluding hydrogens is 680 g/mol. The maximum atomic E-state index is 12.5. The van der Waals surface area contributed by atoms with E-state index in [1.807, 2.05) is 44.9 Å². The molecule has 0 spiro atoms. The highest BCUT2D eigenvalue weighted by molar-refractivity contribution is 9.11. The number of hydrogen-bond donors (Lipinski definition) is 0. The summed E-state index contributed by atoms with van der Waals surface area (Å²) in [4.78, 5) is 32.1. The van der Waals surface area contributed by atoms with Crippen molar-refractivity contribution >= 4 is 93.6 Å². The topological polar surface area (TPSA) is 59.0 Å². The Morgan fingerprint density at radius 3 is 2.34 bits per heavy atom. The fraction of sp³-hybridized carbons (Fsp3) is 0.480. The van der Waals surface area contributed by atoms with Crippen molar-refractivity contribution in [1.29, 1.82) is 0 Å². The SMILES string of the molecule is Cc1cc(C(=O)CBr)sc1Br.Cc1cc(C2=CN=C([C@@H]3CCCN3C(=O)OC(C)(C)C)C2)sc1Br. The van der Waals surface area contributed by atoms with Crippen LogP contribution in [0.5, 0.6) is 0 Å². The molecule has 0 aliphatic carbocycles. The highest BCUT2D eigenvalue weighted by Crippen LogP contribution is 2.37. The average molecular weight is 709 g/mol. The number of hydrogen-bond acceptors (Lipinski definition) is 6. The van der Waals surface area contributed by atoms with Crippen LogP contribution in [0.4, 0.5) is 4.79 Å². The van der Waals surface area contributed by atoms with Gasteiger partial charge in [0.05, 0.1) is 23.8 Å².